The lowest BCUT2D eigenvalue weighted by molar-refractivity contribution is -0.140. The van der Waals surface area contributed by atoms with Crippen molar-refractivity contribution in [1.29, 1.82) is 0 Å². The molecule has 0 atom stereocenters. The Morgan fingerprint density at radius 3 is 2.69 bits per heavy atom. The van der Waals surface area contributed by atoms with Gasteiger partial charge in [-0.25, -0.2) is 8.78 Å². The van der Waals surface area contributed by atoms with Gasteiger partial charge in [-0.15, -0.1) is 0 Å². The van der Waals surface area contributed by atoms with E-state index < -0.39 is 17.7 Å². The fourth-order valence-corrected chi connectivity index (χ4v) is 1.60. The van der Waals surface area contributed by atoms with Crippen molar-refractivity contribution in [3.63, 3.8) is 0 Å². The van der Waals surface area contributed by atoms with Crippen molar-refractivity contribution in [1.82, 2.24) is 4.90 Å². The van der Waals surface area contributed by atoms with Gasteiger partial charge in [0.25, 0.3) is 0 Å². The number of carbonyl (C=O) groups excluding carboxylic acids is 1. The predicted molar refractivity (Wildman–Crippen MR) is 52.6 cm³/mol. The number of likely N-dealkylation sites (tertiary alicyclic amines) is 1. The number of halogens is 2. The summed E-state index contributed by atoms with van der Waals surface area (Å²) in [7, 11) is 0. The first-order valence-electron chi connectivity index (χ1n) is 4.96. The third kappa shape index (κ3) is 2.19. The number of nitrogens with zero attached hydrogens (tertiary/aromatic N) is 1. The highest BCUT2D eigenvalue weighted by Crippen LogP contribution is 2.14. The second kappa shape index (κ2) is 4.17. The van der Waals surface area contributed by atoms with Crippen LogP contribution in [0.4, 0.5) is 8.78 Å². The quantitative estimate of drug-likeness (QED) is 0.808. The Hall–Kier alpha value is -1.49. The predicted octanol–water partition coefficient (Wildman–Crippen LogP) is 0.710. The molecule has 5 heteroatoms. The molecule has 0 aromatic heterocycles. The van der Waals surface area contributed by atoms with Crippen molar-refractivity contribution < 1.29 is 18.7 Å². The van der Waals surface area contributed by atoms with E-state index in [0.29, 0.717) is 13.1 Å². The van der Waals surface area contributed by atoms with E-state index in [9.17, 15) is 13.6 Å². The van der Waals surface area contributed by atoms with E-state index in [0.717, 1.165) is 12.1 Å². The number of rotatable bonds is 2. The van der Waals surface area contributed by atoms with Gasteiger partial charge in [0.2, 0.25) is 5.91 Å². The van der Waals surface area contributed by atoms with Crippen molar-refractivity contribution in [2.45, 2.75) is 12.5 Å². The molecule has 16 heavy (non-hydrogen) atoms. The van der Waals surface area contributed by atoms with Gasteiger partial charge < -0.3 is 10.0 Å². The molecule has 0 radical (unpaired) electrons. The van der Waals surface area contributed by atoms with Gasteiger partial charge in [-0.1, -0.05) is 6.07 Å². The molecule has 0 aliphatic carbocycles. The maximum absolute atomic E-state index is 13.2. The summed E-state index contributed by atoms with van der Waals surface area (Å²) in [5, 5.41) is 9.01. The molecule has 0 spiro atoms. The Balaban J connectivity index is 2.01. The molecule has 1 fully saturated rings. The largest absolute Gasteiger partial charge is 0.389 e. The minimum atomic E-state index is -0.713. The number of benzene rings is 1. The maximum Gasteiger partial charge on any atom is 0.227 e. The van der Waals surface area contributed by atoms with E-state index in [1.807, 2.05) is 0 Å². The summed E-state index contributed by atoms with van der Waals surface area (Å²) in [6, 6.07) is 3.14. The van der Waals surface area contributed by atoms with E-state index in [1.165, 1.54) is 11.0 Å². The van der Waals surface area contributed by atoms with E-state index in [2.05, 4.69) is 0 Å². The van der Waals surface area contributed by atoms with Crippen LogP contribution in [-0.2, 0) is 11.2 Å². The van der Waals surface area contributed by atoms with Crippen LogP contribution in [0.5, 0.6) is 0 Å². The van der Waals surface area contributed by atoms with Crippen LogP contribution in [-0.4, -0.2) is 35.1 Å². The summed E-state index contributed by atoms with van der Waals surface area (Å²) < 4.78 is 25.8. The molecule has 1 saturated heterocycles. The molecule has 1 amide bonds. The molecule has 1 aliphatic heterocycles. The number of carbonyl (C=O) groups is 1. The van der Waals surface area contributed by atoms with Crippen LogP contribution >= 0.6 is 0 Å². The zero-order valence-corrected chi connectivity index (χ0v) is 8.49. The minimum Gasteiger partial charge on any atom is -0.389 e. The lowest BCUT2D eigenvalue weighted by Gasteiger charge is -2.35. The number of aliphatic hydroxyl groups excluding tert-OH is 1. The second-order valence-corrected chi connectivity index (χ2v) is 3.87. The molecule has 1 N–H and O–H groups in total. The first-order chi connectivity index (χ1) is 7.56. The highest BCUT2D eigenvalue weighted by molar-refractivity contribution is 5.79. The molecule has 2 rings (SSSR count). The van der Waals surface area contributed by atoms with Crippen LogP contribution in [0.2, 0.25) is 0 Å². The highest BCUT2D eigenvalue weighted by Gasteiger charge is 2.28. The normalized spacial score (nSPS) is 16.1. The monoisotopic (exact) mass is 227 g/mol. The van der Waals surface area contributed by atoms with Gasteiger partial charge in [0, 0.05) is 19.2 Å². The molecule has 1 aromatic rings. The summed E-state index contributed by atoms with van der Waals surface area (Å²) in [5.41, 5.74) is 0.174. The first kappa shape index (κ1) is 11.0. The standard InChI is InChI=1S/C11H11F2NO2/c12-8-2-1-7(10(13)4-8)3-11(16)14-5-9(15)6-14/h1-2,4,9,15H,3,5-6H2. The van der Waals surface area contributed by atoms with Crippen LogP contribution in [0.15, 0.2) is 18.2 Å². The fraction of sp³-hybridized carbons (Fsp3) is 0.364. The van der Waals surface area contributed by atoms with Crippen molar-refractivity contribution in [2.24, 2.45) is 0 Å². The van der Waals surface area contributed by atoms with E-state index in [-0.39, 0.29) is 17.9 Å². The molecule has 1 heterocycles. The van der Waals surface area contributed by atoms with Gasteiger partial charge in [0.1, 0.15) is 11.6 Å². The van der Waals surface area contributed by atoms with Crippen molar-refractivity contribution in [3.05, 3.63) is 35.4 Å². The van der Waals surface area contributed by atoms with E-state index in [4.69, 9.17) is 5.11 Å². The molecule has 0 saturated carbocycles. The zero-order valence-electron chi connectivity index (χ0n) is 8.49. The molecule has 86 valence electrons. The second-order valence-electron chi connectivity index (χ2n) is 3.87. The van der Waals surface area contributed by atoms with Crippen molar-refractivity contribution in [2.75, 3.05) is 13.1 Å². The Morgan fingerprint density at radius 1 is 1.44 bits per heavy atom. The molecular weight excluding hydrogens is 216 g/mol. The summed E-state index contributed by atoms with van der Waals surface area (Å²) in [6.07, 6.45) is -0.569. The van der Waals surface area contributed by atoms with Gasteiger partial charge in [-0.2, -0.15) is 0 Å². The van der Waals surface area contributed by atoms with Gasteiger partial charge >= 0.3 is 0 Å². The molecule has 3 nitrogen and oxygen atoms in total. The highest BCUT2D eigenvalue weighted by atomic mass is 19.1. The van der Waals surface area contributed by atoms with E-state index in [1.54, 1.807) is 0 Å². The Morgan fingerprint density at radius 2 is 2.12 bits per heavy atom. The van der Waals surface area contributed by atoms with E-state index >= 15 is 0 Å². The topological polar surface area (TPSA) is 40.5 Å². The van der Waals surface area contributed by atoms with Crippen LogP contribution in [0.25, 0.3) is 0 Å². The minimum absolute atomic E-state index is 0.0984. The van der Waals surface area contributed by atoms with Gasteiger partial charge in [-0.05, 0) is 11.6 Å². The molecule has 0 unspecified atom stereocenters. The zero-order chi connectivity index (χ0) is 11.7. The number of amides is 1. The van der Waals surface area contributed by atoms with Crippen LogP contribution in [0, 0.1) is 11.6 Å². The Bertz CT molecular complexity index is 416. The lowest BCUT2D eigenvalue weighted by Crippen LogP contribution is -2.54. The summed E-state index contributed by atoms with van der Waals surface area (Å²) in [4.78, 5) is 13.0. The Labute approximate surface area is 91.3 Å². The van der Waals surface area contributed by atoms with Crippen LogP contribution in [0.3, 0.4) is 0 Å². The number of aliphatic hydroxyl groups is 1. The SMILES string of the molecule is O=C(Cc1ccc(F)cc1F)N1CC(O)C1. The van der Waals surface area contributed by atoms with Crippen molar-refractivity contribution >= 4 is 5.91 Å². The number of hydrogen-bond donors (Lipinski definition) is 1. The smallest absolute Gasteiger partial charge is 0.227 e. The average Bonchev–Trinajstić information content (AvgIpc) is 2.17. The maximum atomic E-state index is 13.2. The van der Waals surface area contributed by atoms with Gasteiger partial charge in [0.15, 0.2) is 0 Å². The van der Waals surface area contributed by atoms with Gasteiger partial charge in [0.05, 0.1) is 12.5 Å². The third-order valence-electron chi connectivity index (χ3n) is 2.57. The number of hydrogen-bond acceptors (Lipinski definition) is 2. The summed E-state index contributed by atoms with van der Waals surface area (Å²) in [5.74, 6) is -1.63. The summed E-state index contributed by atoms with van der Waals surface area (Å²) in [6.45, 7) is 0.587. The molecular formula is C11H11F2NO2. The number of β-amino-alcohol motifs (C(OH)–C–C–N with tert-alkyl or cyclic N) is 1. The van der Waals surface area contributed by atoms with Crippen LogP contribution in [0.1, 0.15) is 5.56 Å². The summed E-state index contributed by atoms with van der Waals surface area (Å²) >= 11 is 0. The molecule has 0 bridgehead atoms. The van der Waals surface area contributed by atoms with Crippen molar-refractivity contribution in [3.8, 4) is 0 Å². The van der Waals surface area contributed by atoms with Crippen LogP contribution < -0.4 is 0 Å². The molecule has 1 aliphatic rings. The fourth-order valence-electron chi connectivity index (χ4n) is 1.60. The Kier molecular flexibility index (Phi) is 2.87. The molecule has 1 aromatic carbocycles. The first-order valence-corrected chi connectivity index (χ1v) is 4.96. The third-order valence-corrected chi connectivity index (χ3v) is 2.57. The van der Waals surface area contributed by atoms with Gasteiger partial charge in [-0.3, -0.25) is 4.79 Å². The average molecular weight is 227 g/mol. The lowest BCUT2D eigenvalue weighted by atomic mass is 10.1.